The van der Waals surface area contributed by atoms with Crippen molar-refractivity contribution < 1.29 is 28.8 Å². The number of methoxy groups -OCH3 is 1. The smallest absolute Gasteiger partial charge is 0.274 e. The normalized spacial score (nSPS) is 14.5. The number of nitrogens with zero attached hydrogens (tertiary/aromatic N) is 3. The van der Waals surface area contributed by atoms with Crippen LogP contribution in [0.3, 0.4) is 0 Å². The fraction of sp³-hybridized carbons (Fsp3) is 0.243. The van der Waals surface area contributed by atoms with Crippen molar-refractivity contribution in [2.45, 2.75) is 44.6 Å². The average Bonchev–Trinajstić information content (AvgIpc) is 3.65. The number of hydrazone groups is 1. The Bertz CT molecular complexity index is 1920. The molecule has 1 aliphatic carbocycles. The number of carbonyl (C=O) groups excluding carboxylic acids is 3. The molecule has 4 aromatic carbocycles. The van der Waals surface area contributed by atoms with Gasteiger partial charge in [0, 0.05) is 52.3 Å². The topological polar surface area (TPSA) is 152 Å². The number of hydrogen-bond acceptors (Lipinski definition) is 8. The molecule has 1 aliphatic heterocycles. The maximum Gasteiger partial charge on any atom is 0.274 e. The summed E-state index contributed by atoms with van der Waals surface area (Å²) in [6.07, 6.45) is 5.99. The Morgan fingerprint density at radius 2 is 1.51 bits per heavy atom. The monoisotopic (exact) mass is 661 g/mol. The van der Waals surface area contributed by atoms with E-state index in [0.717, 1.165) is 43.4 Å². The van der Waals surface area contributed by atoms with Gasteiger partial charge in [0.2, 0.25) is 0 Å². The standard InChI is InChI=1S/C37H35N5O7/c1-48-33-19-16-25(23-34(33)49-31-11-2-3-12-31)32-13-6-20-41(40-32)37(45)27-8-4-9-29(21-27)39-35(43)24-14-17-28(18-15-24)38-36(44)26-7-5-10-30(22-26)42(46)47/h4-5,7-10,14-19,21-23,31H,2-3,6,11-13,20H2,1H3,(H,38,44)(H,39,43). The molecule has 0 spiro atoms. The first-order valence-electron chi connectivity index (χ1n) is 16.1. The molecule has 2 aliphatic rings. The highest BCUT2D eigenvalue weighted by molar-refractivity contribution is 6.07. The van der Waals surface area contributed by atoms with Gasteiger partial charge in [-0.25, -0.2) is 5.01 Å². The summed E-state index contributed by atoms with van der Waals surface area (Å²) in [5, 5.41) is 22.7. The number of rotatable bonds is 10. The van der Waals surface area contributed by atoms with Crippen molar-refractivity contribution in [1.82, 2.24) is 5.01 Å². The highest BCUT2D eigenvalue weighted by Crippen LogP contribution is 2.33. The zero-order valence-electron chi connectivity index (χ0n) is 26.9. The lowest BCUT2D eigenvalue weighted by Crippen LogP contribution is -2.32. The summed E-state index contributed by atoms with van der Waals surface area (Å²) in [7, 11) is 1.62. The van der Waals surface area contributed by atoms with Crippen molar-refractivity contribution in [3.8, 4) is 11.5 Å². The van der Waals surface area contributed by atoms with Crippen molar-refractivity contribution in [1.29, 1.82) is 0 Å². The number of benzene rings is 4. The maximum atomic E-state index is 13.6. The first-order valence-corrected chi connectivity index (χ1v) is 16.1. The minimum atomic E-state index is -0.570. The summed E-state index contributed by atoms with van der Waals surface area (Å²) >= 11 is 0. The zero-order chi connectivity index (χ0) is 34.3. The van der Waals surface area contributed by atoms with E-state index in [1.807, 2.05) is 18.2 Å². The molecule has 4 aromatic rings. The molecule has 1 heterocycles. The van der Waals surface area contributed by atoms with E-state index in [-0.39, 0.29) is 23.3 Å². The van der Waals surface area contributed by atoms with Crippen LogP contribution in [0.25, 0.3) is 0 Å². The van der Waals surface area contributed by atoms with Gasteiger partial charge in [-0.1, -0.05) is 12.1 Å². The molecule has 0 unspecified atom stereocenters. The predicted octanol–water partition coefficient (Wildman–Crippen LogP) is 7.07. The van der Waals surface area contributed by atoms with Crippen LogP contribution in [0.2, 0.25) is 0 Å². The molecule has 12 nitrogen and oxygen atoms in total. The van der Waals surface area contributed by atoms with Crippen LogP contribution in [0, 0.1) is 10.1 Å². The van der Waals surface area contributed by atoms with Gasteiger partial charge in [0.15, 0.2) is 11.5 Å². The summed E-state index contributed by atoms with van der Waals surface area (Å²) in [4.78, 5) is 49.6. The van der Waals surface area contributed by atoms with Crippen LogP contribution in [0.15, 0.2) is 96.1 Å². The van der Waals surface area contributed by atoms with Gasteiger partial charge in [-0.3, -0.25) is 24.5 Å². The van der Waals surface area contributed by atoms with E-state index < -0.39 is 16.7 Å². The predicted molar refractivity (Wildman–Crippen MR) is 185 cm³/mol. The summed E-state index contributed by atoms with van der Waals surface area (Å²) in [5.74, 6) is 0.137. The molecule has 0 bridgehead atoms. The quantitative estimate of drug-likeness (QED) is 0.136. The number of ether oxygens (including phenoxy) is 2. The van der Waals surface area contributed by atoms with E-state index in [2.05, 4.69) is 10.6 Å². The Labute approximate surface area is 282 Å². The van der Waals surface area contributed by atoms with E-state index in [0.29, 0.717) is 47.0 Å². The SMILES string of the molecule is COc1ccc(C2=NN(C(=O)c3cccc(NC(=O)c4ccc(NC(=O)c5cccc([N+](=O)[O-])c5)cc4)c3)CCC2)cc1OC1CCCC1. The Balaban J connectivity index is 1.10. The van der Waals surface area contributed by atoms with Gasteiger partial charge in [-0.15, -0.1) is 0 Å². The summed E-state index contributed by atoms with van der Waals surface area (Å²) in [6, 6.07) is 24.0. The number of amides is 3. The fourth-order valence-electron chi connectivity index (χ4n) is 5.88. The van der Waals surface area contributed by atoms with Crippen molar-refractivity contribution >= 4 is 40.5 Å². The molecule has 250 valence electrons. The molecule has 0 radical (unpaired) electrons. The molecule has 1 fully saturated rings. The number of anilines is 2. The minimum absolute atomic E-state index is 0.135. The summed E-state index contributed by atoms with van der Waals surface area (Å²) in [5.41, 5.74) is 3.16. The number of hydrogen-bond donors (Lipinski definition) is 2. The maximum absolute atomic E-state index is 13.6. The van der Waals surface area contributed by atoms with E-state index in [1.54, 1.807) is 55.6 Å². The fourth-order valence-corrected chi connectivity index (χ4v) is 5.88. The third-order valence-electron chi connectivity index (χ3n) is 8.44. The highest BCUT2D eigenvalue weighted by atomic mass is 16.6. The van der Waals surface area contributed by atoms with E-state index in [4.69, 9.17) is 14.6 Å². The molecule has 3 amide bonds. The lowest BCUT2D eigenvalue weighted by atomic mass is 10.0. The molecule has 2 N–H and O–H groups in total. The van der Waals surface area contributed by atoms with Crippen molar-refractivity contribution in [2.75, 3.05) is 24.3 Å². The van der Waals surface area contributed by atoms with E-state index in [1.165, 1.54) is 29.3 Å². The summed E-state index contributed by atoms with van der Waals surface area (Å²) < 4.78 is 11.8. The molecular formula is C37H35N5O7. The third kappa shape index (κ3) is 7.92. The molecule has 6 rings (SSSR count). The van der Waals surface area contributed by atoms with Gasteiger partial charge < -0.3 is 20.1 Å². The number of nitrogens with one attached hydrogen (secondary N) is 2. The van der Waals surface area contributed by atoms with Gasteiger partial charge >= 0.3 is 0 Å². The molecule has 0 saturated heterocycles. The second-order valence-electron chi connectivity index (χ2n) is 11.8. The van der Waals surface area contributed by atoms with Gasteiger partial charge in [0.05, 0.1) is 23.8 Å². The van der Waals surface area contributed by atoms with Crippen LogP contribution in [0.4, 0.5) is 17.1 Å². The van der Waals surface area contributed by atoms with Gasteiger partial charge in [-0.2, -0.15) is 5.10 Å². The Hall–Kier alpha value is -6.04. The Kier molecular flexibility index (Phi) is 9.93. The van der Waals surface area contributed by atoms with Crippen LogP contribution < -0.4 is 20.1 Å². The van der Waals surface area contributed by atoms with Gasteiger partial charge in [0.25, 0.3) is 23.4 Å². The second kappa shape index (κ2) is 14.8. The van der Waals surface area contributed by atoms with Gasteiger partial charge in [0.1, 0.15) is 0 Å². The first-order chi connectivity index (χ1) is 23.8. The largest absolute Gasteiger partial charge is 0.493 e. The number of nitro groups is 1. The molecule has 12 heteroatoms. The first kappa shape index (κ1) is 32.9. The average molecular weight is 662 g/mol. The second-order valence-corrected chi connectivity index (χ2v) is 11.8. The van der Waals surface area contributed by atoms with E-state index in [9.17, 15) is 24.5 Å². The molecule has 49 heavy (non-hydrogen) atoms. The number of nitro benzene ring substituents is 1. The lowest BCUT2D eigenvalue weighted by molar-refractivity contribution is -0.384. The van der Waals surface area contributed by atoms with Crippen LogP contribution in [0.5, 0.6) is 11.5 Å². The van der Waals surface area contributed by atoms with Crippen LogP contribution in [-0.2, 0) is 0 Å². The molecule has 1 saturated carbocycles. The summed E-state index contributed by atoms with van der Waals surface area (Å²) in [6.45, 7) is 0.463. The molecule has 0 atom stereocenters. The zero-order valence-corrected chi connectivity index (χ0v) is 26.9. The Morgan fingerprint density at radius 3 is 2.27 bits per heavy atom. The number of carbonyl (C=O) groups is 3. The molecular weight excluding hydrogens is 626 g/mol. The van der Waals surface area contributed by atoms with E-state index >= 15 is 0 Å². The molecule has 0 aromatic heterocycles. The van der Waals surface area contributed by atoms with Crippen LogP contribution in [0.1, 0.15) is 75.2 Å². The third-order valence-corrected chi connectivity index (χ3v) is 8.44. The lowest BCUT2D eigenvalue weighted by Gasteiger charge is -2.24. The van der Waals surface area contributed by atoms with Crippen LogP contribution in [-0.4, -0.2) is 53.1 Å². The van der Waals surface area contributed by atoms with Gasteiger partial charge in [-0.05, 0) is 105 Å². The number of non-ortho nitro benzene ring substituents is 1. The van der Waals surface area contributed by atoms with Crippen molar-refractivity contribution in [2.24, 2.45) is 5.10 Å². The van der Waals surface area contributed by atoms with Crippen molar-refractivity contribution in [3.05, 3.63) is 123 Å². The minimum Gasteiger partial charge on any atom is -0.493 e. The highest BCUT2D eigenvalue weighted by Gasteiger charge is 2.24. The van der Waals surface area contributed by atoms with Crippen molar-refractivity contribution in [3.63, 3.8) is 0 Å². The Morgan fingerprint density at radius 1 is 0.796 bits per heavy atom. The van der Waals surface area contributed by atoms with Crippen LogP contribution >= 0.6 is 0 Å².